The summed E-state index contributed by atoms with van der Waals surface area (Å²) in [7, 11) is 0. The van der Waals surface area contributed by atoms with E-state index in [9.17, 15) is 9.50 Å². The van der Waals surface area contributed by atoms with Crippen molar-refractivity contribution in [2.45, 2.75) is 44.4 Å². The van der Waals surface area contributed by atoms with Crippen LogP contribution in [0, 0.1) is 5.82 Å². The normalized spacial score (nSPS) is 23.0. The first-order valence-corrected chi connectivity index (χ1v) is 6.86. The summed E-state index contributed by atoms with van der Waals surface area (Å²) in [4.78, 5) is 2.25. The molecule has 3 nitrogen and oxygen atoms in total. The average Bonchev–Trinajstić information content (AvgIpc) is 2.31. The average molecular weight is 266 g/mol. The first-order valence-electron chi connectivity index (χ1n) is 6.86. The zero-order chi connectivity index (χ0) is 14.0. The van der Waals surface area contributed by atoms with Gasteiger partial charge in [0.05, 0.1) is 5.60 Å². The van der Waals surface area contributed by atoms with Gasteiger partial charge in [0.2, 0.25) is 0 Å². The lowest BCUT2D eigenvalue weighted by Crippen LogP contribution is -2.48. The first kappa shape index (κ1) is 14.4. The lowest BCUT2D eigenvalue weighted by Gasteiger charge is -2.41. The van der Waals surface area contributed by atoms with Crippen LogP contribution >= 0.6 is 0 Å². The summed E-state index contributed by atoms with van der Waals surface area (Å²) in [5.74, 6) is -0.229. The minimum Gasteiger partial charge on any atom is -0.390 e. The SMILES string of the molecule is CC(N)C(c1cccc(F)c1)N1CCC(C)(O)CC1. The summed E-state index contributed by atoms with van der Waals surface area (Å²) in [5, 5.41) is 10.0. The molecule has 3 N–H and O–H groups in total. The van der Waals surface area contributed by atoms with Crippen LogP contribution in [0.15, 0.2) is 24.3 Å². The van der Waals surface area contributed by atoms with Crippen molar-refractivity contribution in [3.8, 4) is 0 Å². The Morgan fingerprint density at radius 3 is 2.53 bits per heavy atom. The van der Waals surface area contributed by atoms with Gasteiger partial charge in [0, 0.05) is 25.2 Å². The van der Waals surface area contributed by atoms with Gasteiger partial charge in [-0.05, 0) is 44.4 Å². The number of hydrogen-bond donors (Lipinski definition) is 2. The van der Waals surface area contributed by atoms with Crippen molar-refractivity contribution in [2.24, 2.45) is 5.73 Å². The van der Waals surface area contributed by atoms with Crippen LogP contribution in [-0.2, 0) is 0 Å². The summed E-state index contributed by atoms with van der Waals surface area (Å²) in [6.45, 7) is 5.39. The molecule has 0 aromatic heterocycles. The predicted octanol–water partition coefficient (Wildman–Crippen LogP) is 2.06. The van der Waals surface area contributed by atoms with E-state index in [0.29, 0.717) is 0 Å². The largest absolute Gasteiger partial charge is 0.390 e. The van der Waals surface area contributed by atoms with Gasteiger partial charge in [0.1, 0.15) is 5.82 Å². The molecular weight excluding hydrogens is 243 g/mol. The Bertz CT molecular complexity index is 424. The van der Waals surface area contributed by atoms with E-state index in [2.05, 4.69) is 4.90 Å². The van der Waals surface area contributed by atoms with Gasteiger partial charge in [-0.3, -0.25) is 4.90 Å². The van der Waals surface area contributed by atoms with Crippen molar-refractivity contribution in [3.05, 3.63) is 35.6 Å². The molecule has 1 aromatic rings. The third kappa shape index (κ3) is 3.53. The first-order chi connectivity index (χ1) is 8.89. The number of benzene rings is 1. The molecule has 0 amide bonds. The lowest BCUT2D eigenvalue weighted by molar-refractivity contribution is -0.0194. The van der Waals surface area contributed by atoms with Crippen LogP contribution in [0.3, 0.4) is 0 Å². The van der Waals surface area contributed by atoms with Crippen molar-refractivity contribution >= 4 is 0 Å². The molecule has 1 heterocycles. The second kappa shape index (κ2) is 5.57. The van der Waals surface area contributed by atoms with Crippen molar-refractivity contribution in [3.63, 3.8) is 0 Å². The van der Waals surface area contributed by atoms with Gasteiger partial charge in [-0.25, -0.2) is 4.39 Å². The molecule has 19 heavy (non-hydrogen) atoms. The van der Waals surface area contributed by atoms with Crippen molar-refractivity contribution < 1.29 is 9.50 Å². The number of piperidine rings is 1. The topological polar surface area (TPSA) is 49.5 Å². The molecule has 1 fully saturated rings. The van der Waals surface area contributed by atoms with Gasteiger partial charge in [-0.1, -0.05) is 12.1 Å². The molecule has 1 saturated heterocycles. The number of nitrogens with zero attached hydrogens (tertiary/aromatic N) is 1. The quantitative estimate of drug-likeness (QED) is 0.880. The number of aliphatic hydroxyl groups is 1. The van der Waals surface area contributed by atoms with Gasteiger partial charge in [0.25, 0.3) is 0 Å². The Kier molecular flexibility index (Phi) is 4.23. The second-order valence-electron chi connectivity index (χ2n) is 5.89. The van der Waals surface area contributed by atoms with Crippen LogP contribution in [-0.4, -0.2) is 34.7 Å². The van der Waals surface area contributed by atoms with Crippen LogP contribution in [0.25, 0.3) is 0 Å². The Hall–Kier alpha value is -0.970. The van der Waals surface area contributed by atoms with E-state index in [1.54, 1.807) is 12.1 Å². The van der Waals surface area contributed by atoms with Gasteiger partial charge in [0.15, 0.2) is 0 Å². The van der Waals surface area contributed by atoms with Gasteiger partial charge in [-0.15, -0.1) is 0 Å². The fraction of sp³-hybridized carbons (Fsp3) is 0.600. The second-order valence-corrected chi connectivity index (χ2v) is 5.89. The molecule has 1 aromatic carbocycles. The molecule has 0 saturated carbocycles. The number of nitrogens with two attached hydrogens (primary N) is 1. The molecule has 2 rings (SSSR count). The van der Waals surface area contributed by atoms with Crippen LogP contribution < -0.4 is 5.73 Å². The zero-order valence-electron chi connectivity index (χ0n) is 11.6. The molecule has 0 aliphatic carbocycles. The van der Waals surface area contributed by atoms with Gasteiger partial charge < -0.3 is 10.8 Å². The standard InChI is InChI=1S/C15H23FN2O/c1-11(17)14(12-4-3-5-13(16)10-12)18-8-6-15(2,19)7-9-18/h3-5,10-11,14,19H,6-9,17H2,1-2H3. The molecule has 0 spiro atoms. The fourth-order valence-corrected chi connectivity index (χ4v) is 2.82. The Morgan fingerprint density at radius 2 is 2.00 bits per heavy atom. The smallest absolute Gasteiger partial charge is 0.123 e. The Labute approximate surface area is 114 Å². The summed E-state index contributed by atoms with van der Waals surface area (Å²) >= 11 is 0. The number of halogens is 1. The van der Waals surface area contributed by atoms with E-state index in [1.165, 1.54) is 6.07 Å². The highest BCUT2D eigenvalue weighted by atomic mass is 19.1. The van der Waals surface area contributed by atoms with E-state index in [-0.39, 0.29) is 17.9 Å². The highest BCUT2D eigenvalue weighted by molar-refractivity contribution is 5.22. The summed E-state index contributed by atoms with van der Waals surface area (Å²) in [6, 6.07) is 6.57. The fourth-order valence-electron chi connectivity index (χ4n) is 2.82. The molecule has 0 radical (unpaired) electrons. The minimum atomic E-state index is -0.583. The third-order valence-electron chi connectivity index (χ3n) is 3.96. The van der Waals surface area contributed by atoms with E-state index in [4.69, 9.17) is 5.73 Å². The molecule has 2 atom stereocenters. The lowest BCUT2D eigenvalue weighted by atomic mass is 9.90. The van der Waals surface area contributed by atoms with Gasteiger partial charge in [-0.2, -0.15) is 0 Å². The number of likely N-dealkylation sites (tertiary alicyclic amines) is 1. The number of hydrogen-bond acceptors (Lipinski definition) is 3. The molecule has 2 unspecified atom stereocenters. The maximum Gasteiger partial charge on any atom is 0.123 e. The van der Waals surface area contributed by atoms with Crippen LogP contribution in [0.4, 0.5) is 4.39 Å². The zero-order valence-corrected chi connectivity index (χ0v) is 11.6. The molecule has 0 bridgehead atoms. The Morgan fingerprint density at radius 1 is 1.37 bits per heavy atom. The number of rotatable bonds is 3. The van der Waals surface area contributed by atoms with E-state index >= 15 is 0 Å². The van der Waals surface area contributed by atoms with Crippen LogP contribution in [0.1, 0.15) is 38.3 Å². The van der Waals surface area contributed by atoms with Gasteiger partial charge >= 0.3 is 0 Å². The highest BCUT2D eigenvalue weighted by Gasteiger charge is 2.32. The van der Waals surface area contributed by atoms with E-state index in [0.717, 1.165) is 31.5 Å². The maximum atomic E-state index is 13.4. The maximum absolute atomic E-state index is 13.4. The van der Waals surface area contributed by atoms with Crippen molar-refractivity contribution in [1.82, 2.24) is 4.90 Å². The molecule has 1 aliphatic rings. The molecule has 106 valence electrons. The summed E-state index contributed by atoms with van der Waals surface area (Å²) in [6.07, 6.45) is 1.46. The minimum absolute atomic E-state index is 0.00630. The van der Waals surface area contributed by atoms with E-state index in [1.807, 2.05) is 19.9 Å². The van der Waals surface area contributed by atoms with Crippen LogP contribution in [0.2, 0.25) is 0 Å². The Balaban J connectivity index is 2.18. The van der Waals surface area contributed by atoms with Crippen LogP contribution in [0.5, 0.6) is 0 Å². The third-order valence-corrected chi connectivity index (χ3v) is 3.96. The monoisotopic (exact) mass is 266 g/mol. The molecular formula is C15H23FN2O. The molecule has 1 aliphatic heterocycles. The summed E-state index contributed by atoms with van der Waals surface area (Å²) in [5.41, 5.74) is 6.42. The highest BCUT2D eigenvalue weighted by Crippen LogP contribution is 2.30. The van der Waals surface area contributed by atoms with Crippen molar-refractivity contribution in [2.75, 3.05) is 13.1 Å². The molecule has 4 heteroatoms. The van der Waals surface area contributed by atoms with Crippen molar-refractivity contribution in [1.29, 1.82) is 0 Å². The summed E-state index contributed by atoms with van der Waals surface area (Å²) < 4.78 is 13.4. The predicted molar refractivity (Wildman–Crippen MR) is 74.2 cm³/mol. The van der Waals surface area contributed by atoms with E-state index < -0.39 is 5.60 Å².